The molecule has 0 N–H and O–H groups in total. The molecular formula is C18H18F2O4. The molecule has 0 bridgehead atoms. The van der Waals surface area contributed by atoms with Gasteiger partial charge in [0.05, 0.1) is 13.2 Å². The van der Waals surface area contributed by atoms with Crippen LogP contribution in [0.15, 0.2) is 36.4 Å². The molecule has 0 saturated carbocycles. The highest BCUT2D eigenvalue weighted by molar-refractivity contribution is 5.91. The van der Waals surface area contributed by atoms with Crippen LogP contribution in [0.1, 0.15) is 29.8 Å². The van der Waals surface area contributed by atoms with Crippen molar-refractivity contribution in [2.75, 3.05) is 7.11 Å². The van der Waals surface area contributed by atoms with Gasteiger partial charge in [-0.1, -0.05) is 30.3 Å². The summed E-state index contributed by atoms with van der Waals surface area (Å²) < 4.78 is 44.0. The zero-order valence-electron chi connectivity index (χ0n) is 13.6. The van der Waals surface area contributed by atoms with E-state index in [1.807, 2.05) is 18.2 Å². The van der Waals surface area contributed by atoms with Gasteiger partial charge in [-0.15, -0.1) is 0 Å². The minimum atomic E-state index is -1.14. The SMILES string of the molecule is COC(=O)c1c(F)c(OCc2ccccc2)cc(OC(C)C)c1F. The molecule has 0 aliphatic rings. The summed E-state index contributed by atoms with van der Waals surface area (Å²) >= 11 is 0. The van der Waals surface area contributed by atoms with E-state index in [0.717, 1.165) is 18.7 Å². The zero-order chi connectivity index (χ0) is 17.7. The lowest BCUT2D eigenvalue weighted by atomic mass is 10.1. The van der Waals surface area contributed by atoms with Crippen molar-refractivity contribution >= 4 is 5.97 Å². The van der Waals surface area contributed by atoms with Crippen LogP contribution in [-0.4, -0.2) is 19.2 Å². The first-order valence-electron chi connectivity index (χ1n) is 7.37. The number of hydrogen-bond acceptors (Lipinski definition) is 4. The van der Waals surface area contributed by atoms with E-state index in [1.54, 1.807) is 26.0 Å². The summed E-state index contributed by atoms with van der Waals surface area (Å²) in [4.78, 5) is 11.7. The first kappa shape index (κ1) is 17.7. The van der Waals surface area contributed by atoms with E-state index in [4.69, 9.17) is 9.47 Å². The summed E-state index contributed by atoms with van der Waals surface area (Å²) in [5, 5.41) is 0. The highest BCUT2D eigenvalue weighted by atomic mass is 19.1. The van der Waals surface area contributed by atoms with E-state index in [0.29, 0.717) is 0 Å². The smallest absolute Gasteiger partial charge is 0.344 e. The molecule has 128 valence electrons. The first-order valence-corrected chi connectivity index (χ1v) is 7.37. The maximum Gasteiger partial charge on any atom is 0.344 e. The van der Waals surface area contributed by atoms with Crippen LogP contribution in [-0.2, 0) is 11.3 Å². The Morgan fingerprint density at radius 3 is 2.29 bits per heavy atom. The molecule has 6 heteroatoms. The number of benzene rings is 2. The van der Waals surface area contributed by atoms with Crippen molar-refractivity contribution in [1.29, 1.82) is 0 Å². The Hall–Kier alpha value is -2.63. The van der Waals surface area contributed by atoms with Crippen molar-refractivity contribution < 1.29 is 27.8 Å². The lowest BCUT2D eigenvalue weighted by Crippen LogP contribution is -2.14. The Balaban J connectivity index is 2.40. The third kappa shape index (κ3) is 4.01. The Morgan fingerprint density at radius 1 is 1.08 bits per heavy atom. The van der Waals surface area contributed by atoms with Gasteiger partial charge >= 0.3 is 5.97 Å². The van der Waals surface area contributed by atoms with E-state index in [2.05, 4.69) is 4.74 Å². The van der Waals surface area contributed by atoms with Crippen molar-refractivity contribution in [3.63, 3.8) is 0 Å². The standard InChI is InChI=1S/C18H18F2O4/c1-11(2)24-14-9-13(23-10-12-7-5-4-6-8-12)16(19)15(17(14)20)18(21)22-3/h4-9,11H,10H2,1-3H3. The highest BCUT2D eigenvalue weighted by Crippen LogP contribution is 2.33. The van der Waals surface area contributed by atoms with E-state index in [-0.39, 0.29) is 24.2 Å². The van der Waals surface area contributed by atoms with E-state index < -0.39 is 23.2 Å². The van der Waals surface area contributed by atoms with Crippen LogP contribution in [0, 0.1) is 11.6 Å². The average Bonchev–Trinajstić information content (AvgIpc) is 2.56. The van der Waals surface area contributed by atoms with Crippen LogP contribution in [0.25, 0.3) is 0 Å². The molecule has 0 spiro atoms. The summed E-state index contributed by atoms with van der Waals surface area (Å²) in [5.41, 5.74) is -0.0362. The van der Waals surface area contributed by atoms with Crippen molar-refractivity contribution in [2.24, 2.45) is 0 Å². The molecule has 0 aliphatic heterocycles. The van der Waals surface area contributed by atoms with Crippen molar-refractivity contribution in [1.82, 2.24) is 0 Å². The quantitative estimate of drug-likeness (QED) is 0.745. The van der Waals surface area contributed by atoms with Gasteiger partial charge in [-0.3, -0.25) is 0 Å². The Bertz CT molecular complexity index is 715. The van der Waals surface area contributed by atoms with Crippen LogP contribution in [0.3, 0.4) is 0 Å². The van der Waals surface area contributed by atoms with Crippen LogP contribution >= 0.6 is 0 Å². The molecule has 0 fully saturated rings. The van der Waals surface area contributed by atoms with Gasteiger partial charge in [-0.05, 0) is 19.4 Å². The minimum absolute atomic E-state index is 0.0606. The van der Waals surface area contributed by atoms with Gasteiger partial charge in [0.2, 0.25) is 0 Å². The topological polar surface area (TPSA) is 44.8 Å². The van der Waals surface area contributed by atoms with Crippen LogP contribution < -0.4 is 9.47 Å². The predicted octanol–water partition coefficient (Wildman–Crippen LogP) is 4.12. The van der Waals surface area contributed by atoms with Gasteiger partial charge in [0.15, 0.2) is 23.1 Å². The van der Waals surface area contributed by atoms with Gasteiger partial charge in [0.1, 0.15) is 12.2 Å². The van der Waals surface area contributed by atoms with E-state index in [9.17, 15) is 13.6 Å². The van der Waals surface area contributed by atoms with Crippen molar-refractivity contribution in [2.45, 2.75) is 26.6 Å². The third-order valence-corrected chi connectivity index (χ3v) is 3.12. The molecular weight excluding hydrogens is 318 g/mol. The number of carbonyl (C=O) groups is 1. The number of halogens is 2. The van der Waals surface area contributed by atoms with Gasteiger partial charge in [-0.2, -0.15) is 0 Å². The summed E-state index contributed by atoms with van der Waals surface area (Å²) in [6.07, 6.45) is -0.363. The normalized spacial score (nSPS) is 10.6. The number of ether oxygens (including phenoxy) is 3. The first-order chi connectivity index (χ1) is 11.4. The number of esters is 1. The minimum Gasteiger partial charge on any atom is -0.488 e. The highest BCUT2D eigenvalue weighted by Gasteiger charge is 2.27. The molecule has 24 heavy (non-hydrogen) atoms. The molecule has 0 aliphatic carbocycles. The second kappa shape index (κ2) is 7.77. The average molecular weight is 336 g/mol. The van der Waals surface area contributed by atoms with Gasteiger partial charge in [0, 0.05) is 6.07 Å². The maximum absolute atomic E-state index is 14.5. The Kier molecular flexibility index (Phi) is 5.73. The summed E-state index contributed by atoms with van der Waals surface area (Å²) in [6.45, 7) is 3.43. The second-order valence-corrected chi connectivity index (χ2v) is 5.31. The monoisotopic (exact) mass is 336 g/mol. The largest absolute Gasteiger partial charge is 0.488 e. The number of rotatable bonds is 6. The molecule has 0 atom stereocenters. The number of carbonyl (C=O) groups excluding carboxylic acids is 1. The molecule has 0 radical (unpaired) electrons. The molecule has 0 aromatic heterocycles. The molecule has 4 nitrogen and oxygen atoms in total. The predicted molar refractivity (Wildman–Crippen MR) is 84.2 cm³/mol. The van der Waals surface area contributed by atoms with Crippen LogP contribution in [0.2, 0.25) is 0 Å². The fourth-order valence-corrected chi connectivity index (χ4v) is 2.05. The van der Waals surface area contributed by atoms with Crippen molar-refractivity contribution in [3.8, 4) is 11.5 Å². The molecule has 0 saturated heterocycles. The number of methoxy groups -OCH3 is 1. The molecule has 2 aromatic carbocycles. The molecule has 0 amide bonds. The number of hydrogen-bond donors (Lipinski definition) is 0. The molecule has 0 heterocycles. The summed E-state index contributed by atoms with van der Waals surface area (Å²) in [6, 6.07) is 10.2. The fourth-order valence-electron chi connectivity index (χ4n) is 2.05. The Morgan fingerprint density at radius 2 is 1.71 bits per heavy atom. The summed E-state index contributed by atoms with van der Waals surface area (Å²) in [5.74, 6) is -3.92. The maximum atomic E-state index is 14.5. The van der Waals surface area contributed by atoms with Crippen LogP contribution in [0.4, 0.5) is 8.78 Å². The second-order valence-electron chi connectivity index (χ2n) is 5.31. The molecule has 2 rings (SSSR count). The van der Waals surface area contributed by atoms with E-state index >= 15 is 0 Å². The third-order valence-electron chi connectivity index (χ3n) is 3.12. The lowest BCUT2D eigenvalue weighted by Gasteiger charge is -2.16. The van der Waals surface area contributed by atoms with Gasteiger partial charge in [-0.25, -0.2) is 13.6 Å². The fraction of sp³-hybridized carbons (Fsp3) is 0.278. The lowest BCUT2D eigenvalue weighted by molar-refractivity contribution is 0.0586. The van der Waals surface area contributed by atoms with Gasteiger partial charge < -0.3 is 14.2 Å². The Labute approximate surface area is 139 Å². The van der Waals surface area contributed by atoms with E-state index in [1.165, 1.54) is 0 Å². The van der Waals surface area contributed by atoms with Gasteiger partial charge in [0.25, 0.3) is 0 Å². The van der Waals surface area contributed by atoms with Crippen LogP contribution in [0.5, 0.6) is 11.5 Å². The molecule has 2 aromatic rings. The summed E-state index contributed by atoms with van der Waals surface area (Å²) in [7, 11) is 1.04. The zero-order valence-corrected chi connectivity index (χ0v) is 13.6. The molecule has 0 unspecified atom stereocenters. The van der Waals surface area contributed by atoms with Crippen molar-refractivity contribution in [3.05, 3.63) is 59.2 Å².